The van der Waals surface area contributed by atoms with Gasteiger partial charge in [0.1, 0.15) is 17.9 Å². The van der Waals surface area contributed by atoms with Gasteiger partial charge in [-0.15, -0.1) is 0 Å². The number of nitrogens with zero attached hydrogens (tertiary/aromatic N) is 3. The molecular formula is C17H18N4O4. The normalized spacial score (nSPS) is 16.4. The number of carbonyl (C=O) groups excluding carboxylic acids is 1. The summed E-state index contributed by atoms with van der Waals surface area (Å²) in [6.45, 7) is 1.93. The minimum absolute atomic E-state index is 0.0682. The Hall–Kier alpha value is -3.05. The number of hydrogen-bond acceptors (Lipinski definition) is 5. The predicted molar refractivity (Wildman–Crippen MR) is 89.0 cm³/mol. The van der Waals surface area contributed by atoms with Gasteiger partial charge in [-0.05, 0) is 18.2 Å². The minimum Gasteiger partial charge on any atom is -0.480 e. The summed E-state index contributed by atoms with van der Waals surface area (Å²) < 4.78 is 5.32. The van der Waals surface area contributed by atoms with Crippen LogP contribution in [0.4, 0.5) is 0 Å². The molecule has 3 rings (SSSR count). The molecule has 0 bridgehead atoms. The highest BCUT2D eigenvalue weighted by atomic mass is 16.5. The van der Waals surface area contributed by atoms with Crippen molar-refractivity contribution in [2.24, 2.45) is 0 Å². The molecule has 0 aliphatic carbocycles. The lowest BCUT2D eigenvalue weighted by molar-refractivity contribution is -0.144. The van der Waals surface area contributed by atoms with Gasteiger partial charge in [-0.3, -0.25) is 14.5 Å². The van der Waals surface area contributed by atoms with Crippen LogP contribution in [0.25, 0.3) is 10.9 Å². The average molecular weight is 342 g/mol. The van der Waals surface area contributed by atoms with E-state index in [0.717, 1.165) is 17.3 Å². The highest BCUT2D eigenvalue weighted by Crippen LogP contribution is 2.31. The Kier molecular flexibility index (Phi) is 4.86. The molecule has 2 heterocycles. The summed E-state index contributed by atoms with van der Waals surface area (Å²) in [5.74, 6) is -0.423. The molecule has 1 fully saturated rings. The van der Waals surface area contributed by atoms with Gasteiger partial charge in [0.2, 0.25) is 6.41 Å². The van der Waals surface area contributed by atoms with Crippen molar-refractivity contribution in [2.75, 3.05) is 32.8 Å². The molecule has 1 saturated heterocycles. The van der Waals surface area contributed by atoms with Gasteiger partial charge in [0.25, 0.3) is 0 Å². The van der Waals surface area contributed by atoms with Crippen molar-refractivity contribution in [1.82, 2.24) is 14.8 Å². The third kappa shape index (κ3) is 3.41. The number of aliphatic carboxylic acids is 1. The molecule has 130 valence electrons. The zero-order valence-corrected chi connectivity index (χ0v) is 13.5. The molecule has 0 radical (unpaired) electrons. The molecule has 0 unspecified atom stereocenters. The van der Waals surface area contributed by atoms with Gasteiger partial charge >= 0.3 is 5.97 Å². The third-order valence-electron chi connectivity index (χ3n) is 4.38. The number of carbonyl (C=O) groups is 2. The number of aromatic nitrogens is 1. The van der Waals surface area contributed by atoms with E-state index in [-0.39, 0.29) is 6.61 Å². The number of fused-ring (bicyclic) bond motifs is 1. The molecule has 25 heavy (non-hydrogen) atoms. The molecule has 0 saturated carbocycles. The van der Waals surface area contributed by atoms with E-state index in [9.17, 15) is 14.7 Å². The van der Waals surface area contributed by atoms with Gasteiger partial charge in [0, 0.05) is 48.8 Å². The minimum atomic E-state index is -0.941. The van der Waals surface area contributed by atoms with E-state index in [4.69, 9.17) is 10.00 Å². The summed E-state index contributed by atoms with van der Waals surface area (Å²) in [6, 6.07) is 6.38. The third-order valence-corrected chi connectivity index (χ3v) is 4.38. The lowest BCUT2D eigenvalue weighted by Crippen LogP contribution is -2.48. The van der Waals surface area contributed by atoms with E-state index >= 15 is 0 Å². The van der Waals surface area contributed by atoms with Crippen molar-refractivity contribution in [2.45, 2.75) is 6.04 Å². The molecule has 1 aromatic carbocycles. The van der Waals surface area contributed by atoms with Crippen molar-refractivity contribution >= 4 is 23.3 Å². The molecule has 1 aromatic heterocycles. The summed E-state index contributed by atoms with van der Waals surface area (Å²) in [7, 11) is 0. The fourth-order valence-electron chi connectivity index (χ4n) is 3.14. The van der Waals surface area contributed by atoms with Gasteiger partial charge in [-0.25, -0.2) is 0 Å². The Bertz CT molecular complexity index is 818. The fraction of sp³-hybridized carbons (Fsp3) is 0.353. The Balaban J connectivity index is 1.92. The van der Waals surface area contributed by atoms with E-state index in [2.05, 4.69) is 4.98 Å². The van der Waals surface area contributed by atoms with Crippen LogP contribution in [0.5, 0.6) is 5.75 Å². The molecule has 2 N–H and O–H groups in total. The molecule has 8 heteroatoms. The number of piperazine rings is 1. The Labute approximate surface area is 144 Å². The number of ether oxygens (including phenoxy) is 1. The number of nitriles is 1. The fourth-order valence-corrected chi connectivity index (χ4v) is 3.14. The van der Waals surface area contributed by atoms with Crippen LogP contribution in [0, 0.1) is 11.3 Å². The number of rotatable bonds is 6. The SMILES string of the molecule is N#CCOc1ccc2[nH]cc([C@H](C(=O)O)N3CCN(C=O)CC3)c2c1. The lowest BCUT2D eigenvalue weighted by Gasteiger charge is -2.36. The number of aromatic amines is 1. The number of carboxylic acids is 1. The number of benzene rings is 1. The van der Waals surface area contributed by atoms with Crippen LogP contribution in [-0.2, 0) is 9.59 Å². The number of nitrogens with one attached hydrogen (secondary N) is 1. The van der Waals surface area contributed by atoms with E-state index in [1.807, 2.05) is 11.0 Å². The first-order valence-electron chi connectivity index (χ1n) is 7.91. The first-order chi connectivity index (χ1) is 12.1. The summed E-state index contributed by atoms with van der Waals surface area (Å²) in [4.78, 5) is 29.4. The molecular weight excluding hydrogens is 324 g/mol. The maximum atomic E-state index is 11.9. The first kappa shape index (κ1) is 16.8. The van der Waals surface area contributed by atoms with Gasteiger partial charge in [-0.1, -0.05) is 0 Å². The predicted octanol–water partition coefficient (Wildman–Crippen LogP) is 0.970. The van der Waals surface area contributed by atoms with Crippen LogP contribution < -0.4 is 4.74 Å². The number of hydrogen-bond donors (Lipinski definition) is 2. The summed E-state index contributed by atoms with van der Waals surface area (Å²) >= 11 is 0. The van der Waals surface area contributed by atoms with Gasteiger partial charge < -0.3 is 19.7 Å². The van der Waals surface area contributed by atoms with Crippen LogP contribution in [0.15, 0.2) is 24.4 Å². The standard InChI is InChI=1S/C17H18N4O4/c18-3-8-25-12-1-2-15-13(9-12)14(10-19-15)16(17(23)24)21-6-4-20(11-22)5-7-21/h1-2,9-11,16,19H,4-8H2,(H,23,24)/t16-/m1/s1. The van der Waals surface area contributed by atoms with Crippen LogP contribution in [0.1, 0.15) is 11.6 Å². The van der Waals surface area contributed by atoms with Crippen LogP contribution in [0.3, 0.4) is 0 Å². The number of carboxylic acid groups (broad SMARTS) is 1. The topological polar surface area (TPSA) is 110 Å². The average Bonchev–Trinajstić information content (AvgIpc) is 3.03. The molecule has 8 nitrogen and oxygen atoms in total. The summed E-state index contributed by atoms with van der Waals surface area (Å²) in [6.07, 6.45) is 2.49. The van der Waals surface area contributed by atoms with Gasteiger partial charge in [-0.2, -0.15) is 5.26 Å². The largest absolute Gasteiger partial charge is 0.480 e. The van der Waals surface area contributed by atoms with Crippen molar-refractivity contribution < 1.29 is 19.4 Å². The second kappa shape index (κ2) is 7.23. The van der Waals surface area contributed by atoms with E-state index < -0.39 is 12.0 Å². The first-order valence-corrected chi connectivity index (χ1v) is 7.91. The molecule has 1 aliphatic rings. The highest BCUT2D eigenvalue weighted by Gasteiger charge is 2.31. The second-order valence-corrected chi connectivity index (χ2v) is 5.82. The molecule has 1 aliphatic heterocycles. The van der Waals surface area contributed by atoms with E-state index in [1.165, 1.54) is 0 Å². The summed E-state index contributed by atoms with van der Waals surface area (Å²) in [5, 5.41) is 19.2. The van der Waals surface area contributed by atoms with Gasteiger partial charge in [0.05, 0.1) is 0 Å². The second-order valence-electron chi connectivity index (χ2n) is 5.82. The number of H-pyrrole nitrogens is 1. The van der Waals surface area contributed by atoms with Crippen LogP contribution >= 0.6 is 0 Å². The van der Waals surface area contributed by atoms with Crippen molar-refractivity contribution in [3.63, 3.8) is 0 Å². The Morgan fingerprint density at radius 2 is 2.16 bits per heavy atom. The van der Waals surface area contributed by atoms with Crippen molar-refractivity contribution in [3.05, 3.63) is 30.0 Å². The van der Waals surface area contributed by atoms with E-state index in [1.54, 1.807) is 29.3 Å². The summed E-state index contributed by atoms with van der Waals surface area (Å²) in [5.41, 5.74) is 1.45. The lowest BCUT2D eigenvalue weighted by atomic mass is 10.0. The highest BCUT2D eigenvalue weighted by molar-refractivity contribution is 5.90. The maximum Gasteiger partial charge on any atom is 0.325 e. The zero-order valence-electron chi connectivity index (χ0n) is 13.5. The van der Waals surface area contributed by atoms with Crippen molar-refractivity contribution in [3.8, 4) is 11.8 Å². The maximum absolute atomic E-state index is 11.9. The molecule has 1 amide bonds. The molecule has 1 atom stereocenters. The van der Waals surface area contributed by atoms with E-state index in [0.29, 0.717) is 37.5 Å². The quantitative estimate of drug-likeness (QED) is 0.757. The van der Waals surface area contributed by atoms with Crippen LogP contribution in [0.2, 0.25) is 0 Å². The Morgan fingerprint density at radius 3 is 2.80 bits per heavy atom. The zero-order chi connectivity index (χ0) is 17.8. The Morgan fingerprint density at radius 1 is 1.40 bits per heavy atom. The van der Waals surface area contributed by atoms with Gasteiger partial charge in [0.15, 0.2) is 6.61 Å². The monoisotopic (exact) mass is 342 g/mol. The molecule has 2 aromatic rings. The van der Waals surface area contributed by atoms with Crippen molar-refractivity contribution in [1.29, 1.82) is 5.26 Å². The smallest absolute Gasteiger partial charge is 0.325 e. The molecule has 0 spiro atoms. The van der Waals surface area contributed by atoms with Crippen LogP contribution in [-0.4, -0.2) is 65.1 Å². The number of amides is 1.